The van der Waals surface area contributed by atoms with Crippen LogP contribution in [0.5, 0.6) is 0 Å². The molecule has 0 radical (unpaired) electrons. The highest BCUT2D eigenvalue weighted by atomic mass is 19.1. The molecule has 6 heteroatoms. The van der Waals surface area contributed by atoms with Gasteiger partial charge >= 0.3 is 0 Å². The first-order valence-electron chi connectivity index (χ1n) is 6.63. The van der Waals surface area contributed by atoms with Gasteiger partial charge in [0.2, 0.25) is 11.7 Å². The molecule has 2 aromatic heterocycles. The maximum atomic E-state index is 13.0. The Hall–Kier alpha value is -2.63. The van der Waals surface area contributed by atoms with Crippen molar-refractivity contribution < 1.29 is 13.3 Å². The molecule has 0 saturated heterocycles. The number of rotatable bonds is 5. The number of nitrogens with zero attached hydrogens (tertiary/aromatic N) is 3. The largest absolute Gasteiger partial charge is 0.461 e. The van der Waals surface area contributed by atoms with Crippen LogP contribution in [-0.2, 0) is 6.54 Å². The standard InChI is InChI=1S/C15H14FN3O2/c1-2-19(12-7-5-11(16)6-8-12)10-14-17-15(18-21-14)13-4-3-9-20-13/h3-9H,2,10H2,1H3. The zero-order chi connectivity index (χ0) is 14.7. The highest BCUT2D eigenvalue weighted by Gasteiger charge is 2.14. The van der Waals surface area contributed by atoms with E-state index in [1.54, 1.807) is 30.5 Å². The summed E-state index contributed by atoms with van der Waals surface area (Å²) < 4.78 is 23.4. The van der Waals surface area contributed by atoms with Gasteiger partial charge in [-0.2, -0.15) is 4.98 Å². The second-order valence-electron chi connectivity index (χ2n) is 4.48. The Bertz CT molecular complexity index is 692. The molecule has 2 heterocycles. The van der Waals surface area contributed by atoms with E-state index in [0.29, 0.717) is 24.0 Å². The minimum atomic E-state index is -0.257. The molecule has 0 unspecified atom stereocenters. The van der Waals surface area contributed by atoms with Crippen LogP contribution in [0.1, 0.15) is 12.8 Å². The van der Waals surface area contributed by atoms with Crippen molar-refractivity contribution in [2.24, 2.45) is 0 Å². The van der Waals surface area contributed by atoms with Gasteiger partial charge in [0, 0.05) is 12.2 Å². The van der Waals surface area contributed by atoms with Crippen LogP contribution >= 0.6 is 0 Å². The molecule has 5 nitrogen and oxygen atoms in total. The lowest BCUT2D eigenvalue weighted by Gasteiger charge is -2.20. The Morgan fingerprint density at radius 1 is 1.19 bits per heavy atom. The first kappa shape index (κ1) is 13.4. The Kier molecular flexibility index (Phi) is 3.68. The summed E-state index contributed by atoms with van der Waals surface area (Å²) in [6.45, 7) is 3.20. The number of halogens is 1. The summed E-state index contributed by atoms with van der Waals surface area (Å²) in [7, 11) is 0. The molecule has 0 atom stereocenters. The molecule has 0 amide bonds. The molecule has 0 aliphatic rings. The van der Waals surface area contributed by atoms with Gasteiger partial charge in [0.05, 0.1) is 12.8 Å². The van der Waals surface area contributed by atoms with Crippen molar-refractivity contribution >= 4 is 5.69 Å². The average molecular weight is 287 g/mol. The summed E-state index contributed by atoms with van der Waals surface area (Å²) in [5.74, 6) is 1.21. The summed E-state index contributed by atoms with van der Waals surface area (Å²) in [5, 5.41) is 3.89. The zero-order valence-corrected chi connectivity index (χ0v) is 11.5. The van der Waals surface area contributed by atoms with Crippen molar-refractivity contribution in [3.8, 4) is 11.6 Å². The average Bonchev–Trinajstić information content (AvgIpc) is 3.17. The Morgan fingerprint density at radius 2 is 2.00 bits per heavy atom. The maximum Gasteiger partial charge on any atom is 0.246 e. The second kappa shape index (κ2) is 5.78. The monoisotopic (exact) mass is 287 g/mol. The Balaban J connectivity index is 1.76. The first-order valence-corrected chi connectivity index (χ1v) is 6.63. The minimum absolute atomic E-state index is 0.257. The molecule has 0 aliphatic heterocycles. The fourth-order valence-corrected chi connectivity index (χ4v) is 2.03. The quantitative estimate of drug-likeness (QED) is 0.719. The van der Waals surface area contributed by atoms with Gasteiger partial charge in [0.15, 0.2) is 5.76 Å². The lowest BCUT2D eigenvalue weighted by atomic mass is 10.3. The van der Waals surface area contributed by atoms with E-state index in [4.69, 9.17) is 8.94 Å². The maximum absolute atomic E-state index is 13.0. The third-order valence-corrected chi connectivity index (χ3v) is 3.11. The predicted molar refractivity (Wildman–Crippen MR) is 75.1 cm³/mol. The molecular weight excluding hydrogens is 273 g/mol. The molecule has 0 saturated carbocycles. The Labute approximate surface area is 121 Å². The lowest BCUT2D eigenvalue weighted by molar-refractivity contribution is 0.376. The third-order valence-electron chi connectivity index (χ3n) is 3.11. The molecule has 3 rings (SSSR count). The van der Waals surface area contributed by atoms with E-state index in [0.717, 1.165) is 12.2 Å². The lowest BCUT2D eigenvalue weighted by Crippen LogP contribution is -2.22. The van der Waals surface area contributed by atoms with Gasteiger partial charge in [-0.1, -0.05) is 5.16 Å². The van der Waals surface area contributed by atoms with Crippen molar-refractivity contribution in [1.29, 1.82) is 0 Å². The van der Waals surface area contributed by atoms with E-state index in [1.165, 1.54) is 12.1 Å². The van der Waals surface area contributed by atoms with Crippen molar-refractivity contribution in [3.63, 3.8) is 0 Å². The van der Waals surface area contributed by atoms with E-state index in [1.807, 2.05) is 11.8 Å². The number of aromatic nitrogens is 2. The van der Waals surface area contributed by atoms with Gasteiger partial charge in [-0.05, 0) is 43.3 Å². The first-order chi connectivity index (χ1) is 10.3. The summed E-state index contributed by atoms with van der Waals surface area (Å²) >= 11 is 0. The zero-order valence-electron chi connectivity index (χ0n) is 11.5. The fraction of sp³-hybridized carbons (Fsp3) is 0.200. The molecule has 0 N–H and O–H groups in total. The fourth-order valence-electron chi connectivity index (χ4n) is 2.03. The van der Waals surface area contributed by atoms with Crippen LogP contribution in [0.15, 0.2) is 51.6 Å². The van der Waals surface area contributed by atoms with Crippen LogP contribution in [0.4, 0.5) is 10.1 Å². The number of hydrogen-bond donors (Lipinski definition) is 0. The van der Waals surface area contributed by atoms with Crippen LogP contribution in [0, 0.1) is 5.82 Å². The normalized spacial score (nSPS) is 10.8. The van der Waals surface area contributed by atoms with Gasteiger partial charge in [0.1, 0.15) is 5.82 Å². The third kappa shape index (κ3) is 2.94. The van der Waals surface area contributed by atoms with Crippen LogP contribution in [0.3, 0.4) is 0 Å². The van der Waals surface area contributed by atoms with Gasteiger partial charge in [-0.3, -0.25) is 0 Å². The van der Waals surface area contributed by atoms with Crippen LogP contribution in [-0.4, -0.2) is 16.7 Å². The smallest absolute Gasteiger partial charge is 0.246 e. The SMILES string of the molecule is CCN(Cc1nc(-c2ccco2)no1)c1ccc(F)cc1. The molecule has 0 aliphatic carbocycles. The summed E-state index contributed by atoms with van der Waals surface area (Å²) in [6.07, 6.45) is 1.56. The van der Waals surface area contributed by atoms with Gasteiger partial charge in [0.25, 0.3) is 0 Å². The van der Waals surface area contributed by atoms with Crippen molar-refractivity contribution in [2.45, 2.75) is 13.5 Å². The number of anilines is 1. The van der Waals surface area contributed by atoms with Gasteiger partial charge < -0.3 is 13.8 Å². The van der Waals surface area contributed by atoms with Crippen LogP contribution < -0.4 is 4.90 Å². The van der Waals surface area contributed by atoms with E-state index < -0.39 is 0 Å². The molecule has 21 heavy (non-hydrogen) atoms. The molecular formula is C15H14FN3O2. The van der Waals surface area contributed by atoms with Crippen LogP contribution in [0.2, 0.25) is 0 Å². The van der Waals surface area contributed by atoms with Crippen molar-refractivity contribution in [3.05, 3.63) is 54.4 Å². The molecule has 0 spiro atoms. The molecule has 1 aromatic carbocycles. The van der Waals surface area contributed by atoms with Crippen LogP contribution in [0.25, 0.3) is 11.6 Å². The van der Waals surface area contributed by atoms with E-state index >= 15 is 0 Å². The highest BCUT2D eigenvalue weighted by Crippen LogP contribution is 2.19. The number of benzene rings is 1. The highest BCUT2D eigenvalue weighted by molar-refractivity contribution is 5.47. The molecule has 0 bridgehead atoms. The topological polar surface area (TPSA) is 55.3 Å². The molecule has 108 valence electrons. The molecule has 3 aromatic rings. The summed E-state index contributed by atoms with van der Waals surface area (Å²) in [4.78, 5) is 6.31. The predicted octanol–water partition coefficient (Wildman–Crippen LogP) is 3.50. The van der Waals surface area contributed by atoms with E-state index in [2.05, 4.69) is 10.1 Å². The van der Waals surface area contributed by atoms with E-state index in [-0.39, 0.29) is 5.82 Å². The number of furan rings is 1. The van der Waals surface area contributed by atoms with E-state index in [9.17, 15) is 4.39 Å². The van der Waals surface area contributed by atoms with Crippen molar-refractivity contribution in [2.75, 3.05) is 11.4 Å². The van der Waals surface area contributed by atoms with Gasteiger partial charge in [-0.25, -0.2) is 4.39 Å². The minimum Gasteiger partial charge on any atom is -0.461 e. The Morgan fingerprint density at radius 3 is 2.67 bits per heavy atom. The van der Waals surface area contributed by atoms with Crippen molar-refractivity contribution in [1.82, 2.24) is 10.1 Å². The summed E-state index contributed by atoms with van der Waals surface area (Å²) in [6, 6.07) is 9.85. The van der Waals surface area contributed by atoms with Gasteiger partial charge in [-0.15, -0.1) is 0 Å². The molecule has 0 fully saturated rings. The second-order valence-corrected chi connectivity index (χ2v) is 4.48. The number of hydrogen-bond acceptors (Lipinski definition) is 5. The summed E-state index contributed by atoms with van der Waals surface area (Å²) in [5.41, 5.74) is 0.900.